The van der Waals surface area contributed by atoms with Crippen molar-refractivity contribution in [1.29, 1.82) is 0 Å². The van der Waals surface area contributed by atoms with E-state index in [4.69, 9.17) is 38.9 Å². The Morgan fingerprint density at radius 3 is 1.46 bits per heavy atom. The van der Waals surface area contributed by atoms with Crippen molar-refractivity contribution in [3.8, 4) is 201 Å². The molecule has 0 aliphatic carbocycles. The van der Waals surface area contributed by atoms with Crippen molar-refractivity contribution in [2.75, 3.05) is 27.9 Å². The molecule has 24 heteroatoms. The summed E-state index contributed by atoms with van der Waals surface area (Å²) in [6.45, 7) is 15.0. The number of carbonyl (C=O) groups excluding carboxylic acids is 3. The van der Waals surface area contributed by atoms with Crippen LogP contribution in [0.2, 0.25) is 0 Å². The molecule has 4 rings (SSSR count). The van der Waals surface area contributed by atoms with Gasteiger partial charge in [-0.05, 0) is 214 Å². The highest BCUT2D eigenvalue weighted by Gasteiger charge is 2.58. The normalized spacial score (nSPS) is 25.3. The number of allylic oxidation sites excluding steroid dienone is 1. The van der Waals surface area contributed by atoms with Gasteiger partial charge in [-0.1, -0.05) is 61.2 Å². The maximum absolute atomic E-state index is 14.0. The van der Waals surface area contributed by atoms with Gasteiger partial charge in [0.25, 0.3) is 11.7 Å². The molecule has 3 saturated heterocycles. The lowest BCUT2D eigenvalue weighted by molar-refractivity contribution is -0.781. The van der Waals surface area contributed by atoms with Crippen LogP contribution in [0.4, 0.5) is 0 Å². The maximum atomic E-state index is 14.0. The van der Waals surface area contributed by atoms with Crippen LogP contribution in [0, 0.1) is 225 Å². The zero-order chi connectivity index (χ0) is 70.7. The molecule has 0 saturated carbocycles. The Balaban J connectivity index is -0.0000000504. The Morgan fingerprint density at radius 1 is 0.615 bits per heavy atom. The zero-order valence-electron chi connectivity index (χ0n) is 54.4. The number of fused-ring (bicyclic) bond motifs is 5. The van der Waals surface area contributed by atoms with Crippen LogP contribution < -0.4 is 5.64 Å². The van der Waals surface area contributed by atoms with E-state index in [1.165, 1.54) is 17.7 Å². The van der Waals surface area contributed by atoms with Gasteiger partial charge in [0.05, 0.1) is 24.4 Å². The van der Waals surface area contributed by atoms with Crippen LogP contribution in [-0.2, 0) is 88.0 Å². The molecule has 5 N–H and O–H groups in total. The monoisotopic (exact) mass is 1360 g/mol. The number of methoxy groups -OCH3 is 3. The Kier molecular flexibility index (Phi) is 42.5. The number of Topliss-reactive ketones (excluding diaryl/α,β-unsaturated/α-hetero) is 1. The first kappa shape index (κ1) is 82.2. The molecule has 13 atom stereocenters. The summed E-state index contributed by atoms with van der Waals surface area (Å²) in [5.74, 6) is 78.0. The number of piperidine rings is 1. The molecule has 0 aromatic heterocycles. The van der Waals surface area contributed by atoms with Gasteiger partial charge in [-0.2, -0.15) is 0 Å². The van der Waals surface area contributed by atoms with E-state index in [1.807, 2.05) is 20.8 Å². The van der Waals surface area contributed by atoms with Crippen molar-refractivity contribution in [2.24, 2.45) is 23.7 Å². The minimum absolute atomic E-state index is 0. The van der Waals surface area contributed by atoms with Crippen LogP contribution in [0.1, 0.15) is 144 Å². The van der Waals surface area contributed by atoms with Crippen molar-refractivity contribution >= 4 is 17.7 Å². The predicted octanol–water partition coefficient (Wildman–Crippen LogP) is 9.93. The lowest BCUT2D eigenvalue weighted by Gasteiger charge is -2.47. The molecule has 0 radical (unpaired) electrons. The van der Waals surface area contributed by atoms with Crippen molar-refractivity contribution in [1.82, 2.24) is 10.5 Å². The molecule has 96 heavy (non-hydrogen) atoms. The second-order valence-electron chi connectivity index (χ2n) is 20.1. The van der Waals surface area contributed by atoms with Crippen molar-refractivity contribution in [2.45, 2.75) is 161 Å². The second kappa shape index (κ2) is 49.7. The highest BCUT2D eigenvalue weighted by atomic mass is 17.8. The molecule has 1 amide bonds. The minimum Gasteiger partial charge on any atom is -0.455 e. The number of nitrogens with zero attached hydrogens (tertiary/aromatic N) is 1. The Morgan fingerprint density at radius 2 is 1.04 bits per heavy atom. The lowest BCUT2D eigenvalue weighted by atomic mass is 9.82. The summed E-state index contributed by atoms with van der Waals surface area (Å²) in [5, 5.41) is 60.7. The van der Waals surface area contributed by atoms with Crippen LogP contribution in [0.3, 0.4) is 0 Å². The first-order valence-electron chi connectivity index (χ1n) is 28.9. The van der Waals surface area contributed by atoms with Crippen LogP contribution in [0.15, 0.2) is 11.6 Å². The number of hydrogen-bond acceptors (Lipinski definition) is 23. The van der Waals surface area contributed by atoms with Gasteiger partial charge in [-0.3, -0.25) is 9.59 Å². The van der Waals surface area contributed by atoms with Gasteiger partial charge in [0.15, 0.2) is 6.10 Å². The third kappa shape index (κ3) is 31.4. The summed E-state index contributed by atoms with van der Waals surface area (Å²) >= 11 is 0. The molecule has 24 nitrogen and oxygen atoms in total. The summed E-state index contributed by atoms with van der Waals surface area (Å²) in [5.41, 5.74) is 2.49. The minimum atomic E-state index is -2.45. The van der Waals surface area contributed by atoms with E-state index in [0.29, 0.717) is 32.1 Å². The van der Waals surface area contributed by atoms with E-state index >= 15 is 0 Å². The van der Waals surface area contributed by atoms with E-state index in [0.717, 1.165) is 18.4 Å². The average molecular weight is 1370 g/mol. The molecule has 0 aromatic carbocycles. The second-order valence-corrected chi connectivity index (χ2v) is 20.1. The van der Waals surface area contributed by atoms with E-state index in [1.54, 1.807) is 41.9 Å². The molecule has 550 valence electrons. The molecular weight excluding hydrogens is 1240 g/mol. The SMILES string of the molecule is CC#CC#CC#CC#CC#CC#CC#CC#CC#CC#CC#CC#CC#CC#CC#CC#CC#CC.CC[C@@H]1/C=C(\C)C[C@H](C)C[C@H](OC)[C@H]2O[C@@](O)(C(=O)C(=O)N3CCCC[C@H]3C(=O)O[C@H]3[C@H](C)[C@H](C[C@H]1O)OC3(C)OC)[C@H](C)C[C@@H]2OC.OOOOONOOOOOO.[HH].[HH].[HH].[HH].[HH].[HH].[HH].[HH].[HH].[HH].[HH].[HH].[HH].[HH].[HH].[HH].[HH].[HH].[HH].[HH].[HH].[HH].[HH].[HH].[HH].[HH]. The number of esters is 1. The third-order valence-electron chi connectivity index (χ3n) is 13.8. The third-order valence-corrected chi connectivity index (χ3v) is 13.8. The van der Waals surface area contributed by atoms with Gasteiger partial charge < -0.3 is 43.5 Å². The highest BCUT2D eigenvalue weighted by Crippen LogP contribution is 2.42. The highest BCUT2D eigenvalue weighted by molar-refractivity contribution is 6.39. The standard InChI is InChI=1S/C36H59NO11.C36H6.H3NO11.26H2/c1-10-24-16-20(2)15-21(3)17-28(43-7)30-29(44-8)18-22(4)36(42,48-30)31(39)33(40)37-14-12-11-13-25(37)34(41)46-32-23(5)27(19-26(24)38)47-35(32,6)45-9;1-3-5-7-9-11-13-15-17-19-21-23-25-27-29-31-33-35-36-34-32-30-28-26-24-22-20-18-16-14-12-10-8-6-4-2;2-6-10-8-4-1-5-9-12-11-7-3;;;;;;;;;;;;;;;;;;;;;;;;;;/h16,21-30,32,38,42H,10-15,17-19H2,1-9H3;1-2H3;1-3H;26*1H/b20-16+;;;;;;;;;;;;;;;;;;;;;;;;;;;;/t21-,22+,23+,24+,25-,26+,27-,28-,29-,30+,32-,35?,36+;;;;;;;;;;;;;;;;;;;;;;;;;;;;/m0............................/s1. The summed E-state index contributed by atoms with van der Waals surface area (Å²) in [6.07, 6.45) is 2.29. The topological polar surface area (TPSA) is 286 Å². The fourth-order valence-electron chi connectivity index (χ4n) is 9.47. The number of ketones is 1. The Bertz CT molecular complexity index is 3780. The number of aliphatic hydroxyl groups is 2. The number of carbonyl (C=O) groups is 3. The van der Waals surface area contributed by atoms with Crippen LogP contribution in [0.5, 0.6) is 0 Å². The molecule has 4 heterocycles. The molecule has 1 unspecified atom stereocenters. The Hall–Kier alpha value is -9.89. The van der Waals surface area contributed by atoms with E-state index in [-0.39, 0.29) is 67.8 Å². The van der Waals surface area contributed by atoms with Crippen molar-refractivity contribution in [3.05, 3.63) is 11.6 Å². The zero-order valence-corrected chi connectivity index (χ0v) is 54.4. The number of amides is 1. The fourth-order valence-corrected chi connectivity index (χ4v) is 9.47. The molecule has 4 bridgehead atoms. The molecule has 3 fully saturated rings. The number of ether oxygens (including phenoxy) is 6. The molecule has 4 aliphatic heterocycles. The number of rotatable bonds is 13. The van der Waals surface area contributed by atoms with Crippen LogP contribution >= 0.6 is 0 Å². The maximum Gasteiger partial charge on any atom is 0.329 e. The smallest absolute Gasteiger partial charge is 0.329 e. The van der Waals surface area contributed by atoms with Crippen molar-refractivity contribution in [3.63, 3.8) is 0 Å². The Labute approximate surface area is 598 Å². The fraction of sp³-hybridized carbons (Fsp3) is 0.458. The van der Waals surface area contributed by atoms with Gasteiger partial charge in [-0.25, -0.2) is 15.3 Å². The number of aliphatic hydroxyl groups excluding tert-OH is 1. The predicted molar refractivity (Wildman–Crippen MR) is 392 cm³/mol. The first-order chi connectivity index (χ1) is 46.5. The summed E-state index contributed by atoms with van der Waals surface area (Å²) in [6, 6.07) is -1.04. The van der Waals surface area contributed by atoms with Gasteiger partial charge >= 0.3 is 5.97 Å². The molecule has 4 aliphatic rings. The summed E-state index contributed by atoms with van der Waals surface area (Å²) in [7, 11) is 4.59. The largest absolute Gasteiger partial charge is 0.455 e. The molecule has 0 spiro atoms. The van der Waals surface area contributed by atoms with Crippen molar-refractivity contribution < 1.29 is 146 Å². The van der Waals surface area contributed by atoms with Gasteiger partial charge in [-0.15, -0.1) is 0 Å². The number of hydrogen-bond donors (Lipinski definition) is 5. The first-order valence-corrected chi connectivity index (χ1v) is 28.9. The van der Waals surface area contributed by atoms with Crippen LogP contribution in [-0.4, -0.2) is 125 Å². The van der Waals surface area contributed by atoms with E-state index in [9.17, 15) is 24.6 Å². The van der Waals surface area contributed by atoms with E-state index < -0.39 is 77.8 Å². The lowest BCUT2D eigenvalue weighted by Crippen LogP contribution is -2.64. The average Bonchev–Trinajstić information content (AvgIpc) is 1.11. The van der Waals surface area contributed by atoms with Gasteiger partial charge in [0, 0.05) is 184 Å². The number of nitrogens with one attached hydrogen (secondary N) is 1. The molecular formula is C72H120N2O22. The van der Waals surface area contributed by atoms with Gasteiger partial charge in [0.2, 0.25) is 11.6 Å². The van der Waals surface area contributed by atoms with Crippen LogP contribution in [0.25, 0.3) is 0 Å². The summed E-state index contributed by atoms with van der Waals surface area (Å²) < 4.78 is 36.1. The molecule has 0 aromatic rings. The van der Waals surface area contributed by atoms with Gasteiger partial charge in [0.1, 0.15) is 12.1 Å². The quantitative estimate of drug-likeness (QED) is 0.0218. The van der Waals surface area contributed by atoms with E-state index in [2.05, 4.69) is 260 Å². The summed E-state index contributed by atoms with van der Waals surface area (Å²) in [4.78, 5) is 50.3.